The number of benzene rings is 1. The molecule has 0 spiro atoms. The molecular weight excluding hydrogens is 224 g/mol. The largest absolute Gasteiger partial charge is 0.328 e. The fourth-order valence-corrected chi connectivity index (χ4v) is 2.57. The number of carbonyl (C=O) groups excluding carboxylic acids is 1. The van der Waals surface area contributed by atoms with Gasteiger partial charge < -0.3 is 11.1 Å². The van der Waals surface area contributed by atoms with E-state index in [0.717, 1.165) is 24.1 Å². The molecule has 0 aromatic heterocycles. The second kappa shape index (κ2) is 4.39. The highest BCUT2D eigenvalue weighted by molar-refractivity contribution is 6.06. The number of nitrogens with one attached hydrogen (secondary N) is 1. The predicted octanol–water partition coefficient (Wildman–Crippen LogP) is 2.37. The molecular formula is C15H22N2O. The van der Waals surface area contributed by atoms with Crippen LogP contribution in [0.15, 0.2) is 12.1 Å². The van der Waals surface area contributed by atoms with Gasteiger partial charge in [0, 0.05) is 11.7 Å². The van der Waals surface area contributed by atoms with E-state index in [9.17, 15) is 4.79 Å². The van der Waals surface area contributed by atoms with Crippen LogP contribution in [0.5, 0.6) is 0 Å². The summed E-state index contributed by atoms with van der Waals surface area (Å²) in [6, 6.07) is 4.44. The summed E-state index contributed by atoms with van der Waals surface area (Å²) >= 11 is 0. The Bertz CT molecular complexity index is 490. The molecule has 1 aromatic carbocycles. The molecule has 0 radical (unpaired) electrons. The zero-order valence-electron chi connectivity index (χ0n) is 11.6. The third-order valence-corrected chi connectivity index (χ3v) is 3.70. The Hall–Kier alpha value is -1.35. The van der Waals surface area contributed by atoms with E-state index >= 15 is 0 Å². The van der Waals surface area contributed by atoms with Crippen molar-refractivity contribution in [2.45, 2.75) is 52.0 Å². The zero-order valence-corrected chi connectivity index (χ0v) is 11.6. The molecule has 0 aliphatic carbocycles. The van der Waals surface area contributed by atoms with Crippen molar-refractivity contribution in [1.29, 1.82) is 0 Å². The van der Waals surface area contributed by atoms with Gasteiger partial charge in [-0.1, -0.05) is 19.1 Å². The molecule has 98 valence electrons. The van der Waals surface area contributed by atoms with Crippen molar-refractivity contribution in [2.75, 3.05) is 5.32 Å². The maximum absolute atomic E-state index is 12.0. The molecule has 0 saturated carbocycles. The van der Waals surface area contributed by atoms with Gasteiger partial charge in [-0.2, -0.15) is 0 Å². The minimum atomic E-state index is -0.437. The summed E-state index contributed by atoms with van der Waals surface area (Å²) in [6.45, 7) is 8.07. The number of amides is 1. The van der Waals surface area contributed by atoms with Gasteiger partial charge >= 0.3 is 0 Å². The quantitative estimate of drug-likeness (QED) is 0.860. The van der Waals surface area contributed by atoms with E-state index < -0.39 is 5.41 Å². The fourth-order valence-electron chi connectivity index (χ4n) is 2.57. The molecule has 1 atom stereocenters. The Labute approximate surface area is 109 Å². The second-order valence-electron chi connectivity index (χ2n) is 5.79. The summed E-state index contributed by atoms with van der Waals surface area (Å²) < 4.78 is 0. The number of anilines is 1. The van der Waals surface area contributed by atoms with Crippen molar-refractivity contribution in [3.8, 4) is 0 Å². The molecule has 1 heterocycles. The SMILES string of the molecule is CCc1cc(CC(C)N)cc2c1NC(=O)C2(C)C. The molecule has 3 N–H and O–H groups in total. The average molecular weight is 246 g/mol. The fraction of sp³-hybridized carbons (Fsp3) is 0.533. The summed E-state index contributed by atoms with van der Waals surface area (Å²) in [6.07, 6.45) is 1.77. The Kier molecular flexibility index (Phi) is 3.20. The lowest BCUT2D eigenvalue weighted by Gasteiger charge is -2.17. The van der Waals surface area contributed by atoms with Crippen LogP contribution in [-0.2, 0) is 23.1 Å². The van der Waals surface area contributed by atoms with Crippen LogP contribution in [-0.4, -0.2) is 11.9 Å². The van der Waals surface area contributed by atoms with Crippen LogP contribution in [0.1, 0.15) is 44.4 Å². The van der Waals surface area contributed by atoms with Crippen LogP contribution in [0.3, 0.4) is 0 Å². The highest BCUT2D eigenvalue weighted by Crippen LogP contribution is 2.40. The van der Waals surface area contributed by atoms with Crippen LogP contribution >= 0.6 is 0 Å². The lowest BCUT2D eigenvalue weighted by atomic mass is 9.83. The Morgan fingerprint density at radius 2 is 2.06 bits per heavy atom. The van der Waals surface area contributed by atoms with E-state index in [0.29, 0.717) is 0 Å². The van der Waals surface area contributed by atoms with Gasteiger partial charge in [-0.15, -0.1) is 0 Å². The van der Waals surface area contributed by atoms with Crippen molar-refractivity contribution < 1.29 is 4.79 Å². The minimum Gasteiger partial charge on any atom is -0.328 e. The maximum Gasteiger partial charge on any atom is 0.234 e. The maximum atomic E-state index is 12.0. The molecule has 0 bridgehead atoms. The van der Waals surface area contributed by atoms with Gasteiger partial charge in [-0.3, -0.25) is 4.79 Å². The molecule has 3 nitrogen and oxygen atoms in total. The number of hydrogen-bond donors (Lipinski definition) is 2. The summed E-state index contributed by atoms with van der Waals surface area (Å²) in [4.78, 5) is 12.0. The van der Waals surface area contributed by atoms with Gasteiger partial charge in [-0.25, -0.2) is 0 Å². The van der Waals surface area contributed by atoms with Gasteiger partial charge in [0.05, 0.1) is 5.41 Å². The molecule has 1 aromatic rings. The first-order chi connectivity index (χ1) is 8.36. The minimum absolute atomic E-state index is 0.0881. The van der Waals surface area contributed by atoms with Crippen LogP contribution in [0.25, 0.3) is 0 Å². The number of carbonyl (C=O) groups is 1. The molecule has 0 saturated heterocycles. The van der Waals surface area contributed by atoms with E-state index in [1.54, 1.807) is 0 Å². The molecule has 1 aliphatic rings. The number of nitrogens with two attached hydrogens (primary N) is 1. The van der Waals surface area contributed by atoms with Crippen LogP contribution in [0, 0.1) is 0 Å². The molecule has 3 heteroatoms. The summed E-state index contributed by atoms with van der Waals surface area (Å²) in [7, 11) is 0. The smallest absolute Gasteiger partial charge is 0.234 e. The van der Waals surface area contributed by atoms with Crippen molar-refractivity contribution in [2.24, 2.45) is 5.73 Å². The van der Waals surface area contributed by atoms with Crippen molar-refractivity contribution in [3.05, 3.63) is 28.8 Å². The third-order valence-electron chi connectivity index (χ3n) is 3.70. The average Bonchev–Trinajstić information content (AvgIpc) is 2.50. The van der Waals surface area contributed by atoms with Crippen molar-refractivity contribution >= 4 is 11.6 Å². The Morgan fingerprint density at radius 1 is 1.39 bits per heavy atom. The van der Waals surface area contributed by atoms with Crippen LogP contribution in [0.2, 0.25) is 0 Å². The third kappa shape index (κ3) is 2.03. The van der Waals surface area contributed by atoms with Crippen LogP contribution in [0.4, 0.5) is 5.69 Å². The molecule has 1 aliphatic heterocycles. The lowest BCUT2D eigenvalue weighted by molar-refractivity contribution is -0.119. The highest BCUT2D eigenvalue weighted by atomic mass is 16.2. The van der Waals surface area contributed by atoms with E-state index in [4.69, 9.17) is 5.73 Å². The first-order valence-corrected chi connectivity index (χ1v) is 6.59. The highest BCUT2D eigenvalue weighted by Gasteiger charge is 2.39. The lowest BCUT2D eigenvalue weighted by Crippen LogP contribution is -2.27. The second-order valence-corrected chi connectivity index (χ2v) is 5.79. The number of hydrogen-bond acceptors (Lipinski definition) is 2. The van der Waals surface area contributed by atoms with Gasteiger partial charge in [0.15, 0.2) is 0 Å². The van der Waals surface area contributed by atoms with Gasteiger partial charge in [-0.05, 0) is 50.3 Å². The first-order valence-electron chi connectivity index (χ1n) is 6.59. The summed E-state index contributed by atoms with van der Waals surface area (Å²) in [5.74, 6) is 0.0881. The van der Waals surface area contributed by atoms with E-state index in [2.05, 4.69) is 24.4 Å². The number of fused-ring (bicyclic) bond motifs is 1. The molecule has 18 heavy (non-hydrogen) atoms. The normalized spacial score (nSPS) is 18.4. The van der Waals surface area contributed by atoms with Crippen molar-refractivity contribution in [3.63, 3.8) is 0 Å². The standard InChI is InChI=1S/C15H22N2O/c1-5-11-7-10(6-9(2)16)8-12-13(11)17-14(18)15(12,3)4/h7-9H,5-6,16H2,1-4H3,(H,17,18). The Balaban J connectivity index is 2.54. The zero-order chi connectivity index (χ0) is 13.5. The van der Waals surface area contributed by atoms with Gasteiger partial charge in [0.2, 0.25) is 5.91 Å². The predicted molar refractivity (Wildman–Crippen MR) is 74.8 cm³/mol. The van der Waals surface area contributed by atoms with E-state index in [1.807, 2.05) is 20.8 Å². The van der Waals surface area contributed by atoms with Crippen LogP contribution < -0.4 is 11.1 Å². The first kappa shape index (κ1) is 13.1. The van der Waals surface area contributed by atoms with E-state index in [1.165, 1.54) is 11.1 Å². The molecule has 2 rings (SSSR count). The van der Waals surface area contributed by atoms with E-state index in [-0.39, 0.29) is 11.9 Å². The topological polar surface area (TPSA) is 55.1 Å². The molecule has 1 unspecified atom stereocenters. The molecule has 0 fully saturated rings. The van der Waals surface area contributed by atoms with Gasteiger partial charge in [0.1, 0.15) is 0 Å². The molecule has 1 amide bonds. The number of aryl methyl sites for hydroxylation is 1. The van der Waals surface area contributed by atoms with Gasteiger partial charge in [0.25, 0.3) is 0 Å². The monoisotopic (exact) mass is 246 g/mol. The summed E-state index contributed by atoms with van der Waals surface area (Å²) in [5.41, 5.74) is 10.0. The van der Waals surface area contributed by atoms with Crippen molar-refractivity contribution in [1.82, 2.24) is 0 Å². The summed E-state index contributed by atoms with van der Waals surface area (Å²) in [5, 5.41) is 3.02. The Morgan fingerprint density at radius 3 is 2.61 bits per heavy atom. The number of rotatable bonds is 3.